The number of rotatable bonds is 7. The number of piperidine rings is 1. The molecule has 0 aliphatic carbocycles. The molecule has 2 heterocycles. The number of amides is 1. The minimum atomic E-state index is 0. The summed E-state index contributed by atoms with van der Waals surface area (Å²) in [5, 5.41) is 9.71. The first-order valence-electron chi connectivity index (χ1n) is 9.99. The molecule has 0 unspecified atom stereocenters. The highest BCUT2D eigenvalue weighted by atomic mass is 127. The molecule has 8 heteroatoms. The van der Waals surface area contributed by atoms with Crippen LogP contribution in [-0.4, -0.2) is 55.6 Å². The highest BCUT2D eigenvalue weighted by Crippen LogP contribution is 2.17. The van der Waals surface area contributed by atoms with E-state index in [1.165, 1.54) is 5.56 Å². The largest absolute Gasteiger partial charge is 0.357 e. The third-order valence-electron chi connectivity index (χ3n) is 4.61. The SMILES string of the molecule is CCNC(=NCCNC(=O)C(C)C)NC1CCN(c2ccc(C)cn2)CC1.I. The molecule has 28 heavy (non-hydrogen) atoms. The van der Waals surface area contributed by atoms with E-state index in [2.05, 4.69) is 56.8 Å². The van der Waals surface area contributed by atoms with Gasteiger partial charge in [0.2, 0.25) is 5.91 Å². The molecule has 1 amide bonds. The molecule has 7 nitrogen and oxygen atoms in total. The fraction of sp³-hybridized carbons (Fsp3) is 0.650. The molecule has 0 spiro atoms. The van der Waals surface area contributed by atoms with Gasteiger partial charge in [0.05, 0.1) is 6.54 Å². The van der Waals surface area contributed by atoms with Gasteiger partial charge in [-0.25, -0.2) is 4.98 Å². The van der Waals surface area contributed by atoms with Gasteiger partial charge in [0.25, 0.3) is 0 Å². The zero-order valence-corrected chi connectivity index (χ0v) is 19.8. The Morgan fingerprint density at radius 1 is 1.29 bits per heavy atom. The number of hydrogen-bond donors (Lipinski definition) is 3. The van der Waals surface area contributed by atoms with Crippen molar-refractivity contribution in [1.29, 1.82) is 0 Å². The van der Waals surface area contributed by atoms with Crippen molar-refractivity contribution in [2.75, 3.05) is 37.6 Å². The van der Waals surface area contributed by atoms with Crippen molar-refractivity contribution in [2.45, 2.75) is 46.6 Å². The van der Waals surface area contributed by atoms with Crippen LogP contribution in [0.4, 0.5) is 5.82 Å². The van der Waals surface area contributed by atoms with Crippen LogP contribution in [0, 0.1) is 12.8 Å². The van der Waals surface area contributed by atoms with Gasteiger partial charge in [-0.1, -0.05) is 19.9 Å². The summed E-state index contributed by atoms with van der Waals surface area (Å²) in [5.74, 6) is 1.96. The predicted molar refractivity (Wildman–Crippen MR) is 127 cm³/mol. The first-order chi connectivity index (χ1) is 13.0. The lowest BCUT2D eigenvalue weighted by Crippen LogP contribution is -2.49. The summed E-state index contributed by atoms with van der Waals surface area (Å²) in [4.78, 5) is 23.0. The molecule has 3 N–H and O–H groups in total. The third kappa shape index (κ3) is 8.20. The van der Waals surface area contributed by atoms with E-state index in [0.29, 0.717) is 19.1 Å². The van der Waals surface area contributed by atoms with Crippen molar-refractivity contribution < 1.29 is 4.79 Å². The molecule has 0 aromatic carbocycles. The van der Waals surface area contributed by atoms with Gasteiger partial charge in [0, 0.05) is 44.3 Å². The summed E-state index contributed by atoms with van der Waals surface area (Å²) in [5.41, 5.74) is 1.19. The second kappa shape index (κ2) is 12.8. The van der Waals surface area contributed by atoms with E-state index < -0.39 is 0 Å². The monoisotopic (exact) mass is 502 g/mol. The summed E-state index contributed by atoms with van der Waals surface area (Å²) in [6.07, 6.45) is 4.02. The molecule has 2 rings (SSSR count). The topological polar surface area (TPSA) is 81.6 Å². The number of hydrogen-bond acceptors (Lipinski definition) is 4. The highest BCUT2D eigenvalue weighted by molar-refractivity contribution is 14.0. The lowest BCUT2D eigenvalue weighted by atomic mass is 10.1. The number of anilines is 1. The fourth-order valence-electron chi connectivity index (χ4n) is 2.96. The molecule has 1 saturated heterocycles. The maximum Gasteiger partial charge on any atom is 0.222 e. The van der Waals surface area contributed by atoms with Crippen molar-refractivity contribution in [1.82, 2.24) is 20.9 Å². The predicted octanol–water partition coefficient (Wildman–Crippen LogP) is 2.30. The van der Waals surface area contributed by atoms with Gasteiger partial charge in [-0.05, 0) is 38.3 Å². The Kier molecular flexibility index (Phi) is 11.2. The zero-order valence-electron chi connectivity index (χ0n) is 17.5. The highest BCUT2D eigenvalue weighted by Gasteiger charge is 2.20. The Balaban J connectivity index is 0.00000392. The number of nitrogens with one attached hydrogen (secondary N) is 3. The number of aryl methyl sites for hydroxylation is 1. The number of aromatic nitrogens is 1. The number of halogens is 1. The molecular weight excluding hydrogens is 467 g/mol. The summed E-state index contributed by atoms with van der Waals surface area (Å²) < 4.78 is 0. The average molecular weight is 502 g/mol. The average Bonchev–Trinajstić information content (AvgIpc) is 2.66. The van der Waals surface area contributed by atoms with E-state index in [0.717, 1.165) is 44.3 Å². The van der Waals surface area contributed by atoms with Crippen LogP contribution in [0.2, 0.25) is 0 Å². The van der Waals surface area contributed by atoms with Gasteiger partial charge in [-0.3, -0.25) is 9.79 Å². The maximum absolute atomic E-state index is 11.6. The molecule has 1 aliphatic rings. The molecular formula is C20H35IN6O. The molecule has 1 aliphatic heterocycles. The van der Waals surface area contributed by atoms with Crippen LogP contribution in [0.5, 0.6) is 0 Å². The summed E-state index contributed by atoms with van der Waals surface area (Å²) in [6, 6.07) is 4.61. The molecule has 158 valence electrons. The first kappa shape index (κ1) is 24.5. The molecule has 0 bridgehead atoms. The Labute approximate surface area is 186 Å². The smallest absolute Gasteiger partial charge is 0.222 e. The van der Waals surface area contributed by atoms with E-state index in [-0.39, 0.29) is 35.8 Å². The molecule has 0 saturated carbocycles. The van der Waals surface area contributed by atoms with Gasteiger partial charge in [0.15, 0.2) is 5.96 Å². The molecule has 0 radical (unpaired) electrons. The maximum atomic E-state index is 11.6. The normalized spacial score (nSPS) is 15.2. The van der Waals surface area contributed by atoms with Crippen LogP contribution in [0.3, 0.4) is 0 Å². The van der Waals surface area contributed by atoms with Gasteiger partial charge < -0.3 is 20.9 Å². The quantitative estimate of drug-likeness (QED) is 0.231. The Hall–Kier alpha value is -1.58. The molecule has 0 atom stereocenters. The van der Waals surface area contributed by atoms with Crippen LogP contribution < -0.4 is 20.9 Å². The van der Waals surface area contributed by atoms with Gasteiger partial charge in [-0.15, -0.1) is 24.0 Å². The van der Waals surface area contributed by atoms with Crippen LogP contribution in [0.25, 0.3) is 0 Å². The van der Waals surface area contributed by atoms with Crippen LogP contribution >= 0.6 is 24.0 Å². The van der Waals surface area contributed by atoms with Crippen molar-refractivity contribution >= 4 is 41.7 Å². The minimum Gasteiger partial charge on any atom is -0.357 e. The van der Waals surface area contributed by atoms with Crippen molar-refractivity contribution in [3.8, 4) is 0 Å². The van der Waals surface area contributed by atoms with Crippen LogP contribution in [0.15, 0.2) is 23.3 Å². The van der Waals surface area contributed by atoms with E-state index in [4.69, 9.17) is 0 Å². The fourth-order valence-corrected chi connectivity index (χ4v) is 2.96. The summed E-state index contributed by atoms with van der Waals surface area (Å²) >= 11 is 0. The van der Waals surface area contributed by atoms with E-state index >= 15 is 0 Å². The van der Waals surface area contributed by atoms with Crippen LogP contribution in [0.1, 0.15) is 39.2 Å². The van der Waals surface area contributed by atoms with Gasteiger partial charge in [0.1, 0.15) is 5.82 Å². The van der Waals surface area contributed by atoms with Crippen LogP contribution in [-0.2, 0) is 4.79 Å². The van der Waals surface area contributed by atoms with Gasteiger partial charge >= 0.3 is 0 Å². The first-order valence-corrected chi connectivity index (χ1v) is 9.99. The number of carbonyl (C=O) groups is 1. The summed E-state index contributed by atoms with van der Waals surface area (Å²) in [6.45, 7) is 11.8. The second-order valence-electron chi connectivity index (χ2n) is 7.31. The number of carbonyl (C=O) groups excluding carboxylic acids is 1. The van der Waals surface area contributed by atoms with E-state index in [9.17, 15) is 4.79 Å². The standard InChI is InChI=1S/C20H34N6O.HI/c1-5-21-20(23-11-10-22-19(27)15(2)3)25-17-8-12-26(13-9-17)18-7-6-16(4)14-24-18;/h6-7,14-15,17H,5,8-13H2,1-4H3,(H,22,27)(H2,21,23,25);1H. The number of pyridine rings is 1. The Bertz CT molecular complexity index is 612. The van der Waals surface area contributed by atoms with Crippen molar-refractivity contribution in [3.63, 3.8) is 0 Å². The minimum absolute atomic E-state index is 0. The summed E-state index contributed by atoms with van der Waals surface area (Å²) in [7, 11) is 0. The number of guanidine groups is 1. The van der Waals surface area contributed by atoms with Crippen molar-refractivity contribution in [2.24, 2.45) is 10.9 Å². The Morgan fingerprint density at radius 3 is 2.57 bits per heavy atom. The van der Waals surface area contributed by atoms with Crippen molar-refractivity contribution in [3.05, 3.63) is 23.9 Å². The lowest BCUT2D eigenvalue weighted by molar-refractivity contribution is -0.123. The number of aliphatic imine (C=N–C) groups is 1. The molecule has 1 aromatic heterocycles. The number of nitrogens with zero attached hydrogens (tertiary/aromatic N) is 3. The zero-order chi connectivity index (χ0) is 19.6. The van der Waals surface area contributed by atoms with E-state index in [1.807, 2.05) is 20.0 Å². The van der Waals surface area contributed by atoms with Gasteiger partial charge in [-0.2, -0.15) is 0 Å². The Morgan fingerprint density at radius 2 is 2.00 bits per heavy atom. The van der Waals surface area contributed by atoms with E-state index in [1.54, 1.807) is 0 Å². The lowest BCUT2D eigenvalue weighted by Gasteiger charge is -2.33. The second-order valence-corrected chi connectivity index (χ2v) is 7.31. The molecule has 1 fully saturated rings. The molecule has 1 aromatic rings. The third-order valence-corrected chi connectivity index (χ3v) is 4.61.